The number of halogens is 1. The average molecular weight is 508 g/mol. The van der Waals surface area contributed by atoms with Crippen LogP contribution in [0.5, 0.6) is 0 Å². The van der Waals surface area contributed by atoms with Gasteiger partial charge in [0.15, 0.2) is 0 Å². The van der Waals surface area contributed by atoms with Crippen LogP contribution in [0.2, 0.25) is 0 Å². The Morgan fingerprint density at radius 2 is 1.72 bits per heavy atom. The van der Waals surface area contributed by atoms with Crippen molar-refractivity contribution < 1.29 is 46.2 Å². The molecule has 1 aliphatic rings. The van der Waals surface area contributed by atoms with Gasteiger partial charge in [-0.1, -0.05) is 61.0 Å². The standard InChI is InChI=1S/C22H25ClNO3S.Y/c1-2-3-4-8-11-21-20(23)16-28(26,27)24(21)19-14-12-18(13-15-19)22(25)17-9-6-5-7-10-17;/h4-10,12-15,20-22,25H,1-3,11,16H2;/q-1;/b8-4-;. The fourth-order valence-corrected chi connectivity index (χ4v) is 6.08. The number of allylic oxidation sites excluding steroid dienone is 1. The van der Waals surface area contributed by atoms with Gasteiger partial charge in [-0.2, -0.15) is 6.42 Å². The molecule has 0 aromatic heterocycles. The maximum absolute atomic E-state index is 12.7. The summed E-state index contributed by atoms with van der Waals surface area (Å²) in [5.41, 5.74) is 2.07. The second-order valence-electron chi connectivity index (χ2n) is 6.91. The number of alkyl halides is 1. The van der Waals surface area contributed by atoms with Gasteiger partial charge in [0.25, 0.3) is 0 Å². The molecule has 2 aromatic carbocycles. The maximum atomic E-state index is 12.7. The fraction of sp³-hybridized carbons (Fsp3) is 0.318. The summed E-state index contributed by atoms with van der Waals surface area (Å²) in [7, 11) is -3.47. The Morgan fingerprint density at radius 1 is 1.10 bits per heavy atom. The van der Waals surface area contributed by atoms with Crippen molar-refractivity contribution in [3.05, 3.63) is 84.8 Å². The minimum absolute atomic E-state index is 0. The third kappa shape index (κ3) is 5.92. The predicted molar refractivity (Wildman–Crippen MR) is 115 cm³/mol. The normalized spacial score (nSPS) is 21.8. The summed E-state index contributed by atoms with van der Waals surface area (Å²) in [6, 6.07) is 16.0. The zero-order chi connectivity index (χ0) is 20.1. The van der Waals surface area contributed by atoms with E-state index >= 15 is 0 Å². The van der Waals surface area contributed by atoms with Crippen molar-refractivity contribution in [3.8, 4) is 0 Å². The number of hydrogen-bond donors (Lipinski definition) is 1. The molecule has 1 fully saturated rings. The molecule has 3 unspecified atom stereocenters. The number of benzene rings is 2. The largest absolute Gasteiger partial charge is 0.384 e. The summed E-state index contributed by atoms with van der Waals surface area (Å²) in [5.74, 6) is -0.0726. The molecule has 1 aliphatic heterocycles. The van der Waals surface area contributed by atoms with Gasteiger partial charge in [0, 0.05) is 32.7 Å². The first-order valence-corrected chi connectivity index (χ1v) is 11.4. The van der Waals surface area contributed by atoms with E-state index in [0.717, 1.165) is 18.4 Å². The van der Waals surface area contributed by atoms with Crippen molar-refractivity contribution in [3.63, 3.8) is 0 Å². The number of anilines is 1. The van der Waals surface area contributed by atoms with Crippen LogP contribution < -0.4 is 4.31 Å². The zero-order valence-electron chi connectivity index (χ0n) is 16.2. The molecule has 0 amide bonds. The first-order valence-electron chi connectivity index (χ1n) is 9.37. The summed E-state index contributed by atoms with van der Waals surface area (Å²) in [5, 5.41) is 10.1. The Morgan fingerprint density at radius 3 is 2.34 bits per heavy atom. The smallest absolute Gasteiger partial charge is 0.237 e. The van der Waals surface area contributed by atoms with Crippen LogP contribution in [0.25, 0.3) is 0 Å². The van der Waals surface area contributed by atoms with Crippen molar-refractivity contribution in [1.29, 1.82) is 0 Å². The Hall–Kier alpha value is -0.716. The van der Waals surface area contributed by atoms with Crippen LogP contribution in [-0.4, -0.2) is 30.7 Å². The molecule has 1 radical (unpaired) electrons. The summed E-state index contributed by atoms with van der Waals surface area (Å²) in [6.45, 7) is 3.80. The van der Waals surface area contributed by atoms with E-state index in [0.29, 0.717) is 17.7 Å². The van der Waals surface area contributed by atoms with E-state index in [1.165, 1.54) is 4.31 Å². The van der Waals surface area contributed by atoms with E-state index in [2.05, 4.69) is 6.92 Å². The van der Waals surface area contributed by atoms with E-state index < -0.39 is 21.5 Å². The second kappa shape index (κ2) is 11.1. The fourth-order valence-electron chi connectivity index (χ4n) is 3.44. The van der Waals surface area contributed by atoms with Crippen LogP contribution >= 0.6 is 11.6 Å². The SMILES string of the molecule is [CH2-]CC/C=C\CC1C(Cl)CS(=O)(=O)N1c1ccc(C(O)c2ccccc2)cc1.[Y]. The Labute approximate surface area is 203 Å². The molecule has 7 heteroatoms. The van der Waals surface area contributed by atoms with Crippen LogP contribution in [0.4, 0.5) is 5.69 Å². The third-order valence-corrected chi connectivity index (χ3v) is 7.37. The summed E-state index contributed by atoms with van der Waals surface area (Å²) in [4.78, 5) is 0. The molecule has 3 rings (SSSR count). The second-order valence-corrected chi connectivity index (χ2v) is 9.36. The summed E-state index contributed by atoms with van der Waals surface area (Å²) in [6.07, 6.45) is 5.46. The molecule has 0 saturated carbocycles. The van der Waals surface area contributed by atoms with Gasteiger partial charge in [0.1, 0.15) is 6.10 Å². The van der Waals surface area contributed by atoms with Crippen molar-refractivity contribution in [2.75, 3.05) is 10.1 Å². The van der Waals surface area contributed by atoms with Gasteiger partial charge >= 0.3 is 0 Å². The minimum atomic E-state index is -3.47. The van der Waals surface area contributed by atoms with E-state index in [-0.39, 0.29) is 44.5 Å². The van der Waals surface area contributed by atoms with Crippen LogP contribution in [0, 0.1) is 6.92 Å². The molecular weight excluding hydrogens is 483 g/mol. The molecular formula is C22H25ClNO3SY-. The van der Waals surface area contributed by atoms with E-state index in [1.807, 2.05) is 42.5 Å². The molecule has 0 spiro atoms. The number of nitrogens with zero attached hydrogens (tertiary/aromatic N) is 1. The first kappa shape index (κ1) is 24.6. The number of aliphatic hydroxyl groups excluding tert-OH is 1. The molecule has 3 atom stereocenters. The zero-order valence-corrected chi connectivity index (χ0v) is 20.6. The Kier molecular flexibility index (Phi) is 9.36. The molecule has 153 valence electrons. The van der Waals surface area contributed by atoms with Crippen molar-refractivity contribution >= 4 is 27.3 Å². The summed E-state index contributed by atoms with van der Waals surface area (Å²) >= 11 is 6.37. The molecule has 0 bridgehead atoms. The predicted octanol–water partition coefficient (Wildman–Crippen LogP) is 4.45. The van der Waals surface area contributed by atoms with Crippen LogP contribution in [0.3, 0.4) is 0 Å². The number of aliphatic hydroxyl groups is 1. The number of rotatable bonds is 7. The van der Waals surface area contributed by atoms with Crippen LogP contribution in [0.1, 0.15) is 36.5 Å². The molecule has 29 heavy (non-hydrogen) atoms. The Bertz CT molecular complexity index is 903. The summed E-state index contributed by atoms with van der Waals surface area (Å²) < 4.78 is 26.8. The van der Waals surface area contributed by atoms with Gasteiger partial charge in [0.2, 0.25) is 10.0 Å². The van der Waals surface area contributed by atoms with Crippen molar-refractivity contribution in [2.45, 2.75) is 36.8 Å². The van der Waals surface area contributed by atoms with Gasteiger partial charge in [0.05, 0.1) is 22.9 Å². The molecule has 4 nitrogen and oxygen atoms in total. The van der Waals surface area contributed by atoms with E-state index in [4.69, 9.17) is 11.6 Å². The van der Waals surface area contributed by atoms with Crippen LogP contribution in [-0.2, 0) is 42.7 Å². The van der Waals surface area contributed by atoms with Gasteiger partial charge in [-0.3, -0.25) is 4.31 Å². The molecule has 1 saturated heterocycles. The maximum Gasteiger partial charge on any atom is 0.237 e. The minimum Gasteiger partial charge on any atom is -0.384 e. The quantitative estimate of drug-likeness (QED) is 0.342. The Balaban J connectivity index is 0.00000300. The van der Waals surface area contributed by atoms with E-state index in [1.54, 1.807) is 24.3 Å². The third-order valence-electron chi connectivity index (χ3n) is 4.88. The molecule has 0 aliphatic carbocycles. The van der Waals surface area contributed by atoms with Gasteiger partial charge < -0.3 is 12.0 Å². The van der Waals surface area contributed by atoms with Crippen molar-refractivity contribution in [2.24, 2.45) is 0 Å². The van der Waals surface area contributed by atoms with Crippen LogP contribution in [0.15, 0.2) is 66.7 Å². The molecule has 1 heterocycles. The monoisotopic (exact) mass is 507 g/mol. The topological polar surface area (TPSA) is 57.6 Å². The first-order chi connectivity index (χ1) is 13.4. The number of unbranched alkanes of at least 4 members (excludes halogenated alkanes) is 1. The van der Waals surface area contributed by atoms with Gasteiger partial charge in [-0.05, 0) is 29.7 Å². The molecule has 1 N–H and O–H groups in total. The van der Waals surface area contributed by atoms with Crippen molar-refractivity contribution in [1.82, 2.24) is 0 Å². The average Bonchev–Trinajstić information content (AvgIpc) is 2.93. The van der Waals surface area contributed by atoms with E-state index in [9.17, 15) is 13.5 Å². The van der Waals surface area contributed by atoms with Gasteiger partial charge in [-0.15, -0.1) is 11.6 Å². The molecule has 2 aromatic rings. The van der Waals surface area contributed by atoms with Gasteiger partial charge in [-0.25, -0.2) is 8.42 Å². The number of sulfonamides is 1. The number of hydrogen-bond acceptors (Lipinski definition) is 3.